The van der Waals surface area contributed by atoms with Gasteiger partial charge in [0.15, 0.2) is 0 Å². The lowest BCUT2D eigenvalue weighted by molar-refractivity contribution is 0.0526. The largest absolute Gasteiger partial charge is 0.462 e. The zero-order valence-corrected chi connectivity index (χ0v) is 12.1. The molecule has 0 saturated carbocycles. The van der Waals surface area contributed by atoms with Crippen molar-refractivity contribution < 1.29 is 14.3 Å². The first-order valence-electron chi connectivity index (χ1n) is 6.05. The number of nitrogens with zero attached hydrogens (tertiary/aromatic N) is 1. The predicted octanol–water partition coefficient (Wildman–Crippen LogP) is 2.47. The van der Waals surface area contributed by atoms with Crippen LogP contribution in [0.2, 0.25) is 0 Å². The molecule has 102 valence electrons. The van der Waals surface area contributed by atoms with E-state index < -0.39 is 0 Å². The maximum Gasteiger partial charge on any atom is 0.343 e. The number of aromatic nitrogens is 1. The van der Waals surface area contributed by atoms with E-state index in [1.54, 1.807) is 13.8 Å². The molecule has 5 nitrogen and oxygen atoms in total. The number of anilines is 1. The van der Waals surface area contributed by atoms with Crippen LogP contribution in [0, 0.1) is 6.92 Å². The third kappa shape index (κ3) is 4.27. The third-order valence-corrected chi connectivity index (χ3v) is 3.08. The van der Waals surface area contributed by atoms with Gasteiger partial charge in [0.25, 0.3) is 0 Å². The van der Waals surface area contributed by atoms with Crippen molar-refractivity contribution in [3.63, 3.8) is 0 Å². The summed E-state index contributed by atoms with van der Waals surface area (Å²) in [6.07, 6.45) is 0.208. The Morgan fingerprint density at radius 3 is 2.83 bits per heavy atom. The molecule has 0 aliphatic heterocycles. The van der Waals surface area contributed by atoms with Gasteiger partial charge in [-0.25, -0.2) is 4.79 Å². The molecule has 0 fully saturated rings. The van der Waals surface area contributed by atoms with Crippen LogP contribution in [0.3, 0.4) is 0 Å². The molecule has 6 heteroatoms. The monoisotopic (exact) mass is 272 g/mol. The molecule has 0 aliphatic rings. The van der Waals surface area contributed by atoms with Crippen molar-refractivity contribution in [1.82, 2.24) is 4.37 Å². The lowest BCUT2D eigenvalue weighted by atomic mass is 10.2. The van der Waals surface area contributed by atoms with Gasteiger partial charge in [0, 0.05) is 6.54 Å². The molecule has 0 radical (unpaired) electrons. The van der Waals surface area contributed by atoms with Crippen LogP contribution in [0.4, 0.5) is 5.00 Å². The van der Waals surface area contributed by atoms with Gasteiger partial charge in [-0.15, -0.1) is 0 Å². The van der Waals surface area contributed by atoms with Gasteiger partial charge in [-0.2, -0.15) is 4.37 Å². The summed E-state index contributed by atoms with van der Waals surface area (Å²) in [4.78, 5) is 11.8. The van der Waals surface area contributed by atoms with Crippen LogP contribution in [-0.4, -0.2) is 36.2 Å². The van der Waals surface area contributed by atoms with Crippen molar-refractivity contribution >= 4 is 22.5 Å². The average molecular weight is 272 g/mol. The van der Waals surface area contributed by atoms with E-state index >= 15 is 0 Å². The summed E-state index contributed by atoms with van der Waals surface area (Å²) < 4.78 is 14.6. The Kier molecular flexibility index (Phi) is 6.07. The minimum Gasteiger partial charge on any atom is -0.462 e. The summed E-state index contributed by atoms with van der Waals surface area (Å²) in [5.41, 5.74) is 1.23. The smallest absolute Gasteiger partial charge is 0.343 e. The molecular weight excluding hydrogens is 252 g/mol. The van der Waals surface area contributed by atoms with Crippen LogP contribution in [0.5, 0.6) is 0 Å². The predicted molar refractivity (Wildman–Crippen MR) is 72.4 cm³/mol. The van der Waals surface area contributed by atoms with E-state index in [0.717, 1.165) is 5.00 Å². The summed E-state index contributed by atoms with van der Waals surface area (Å²) in [5.74, 6) is -0.323. The molecular formula is C12H20N2O3S. The van der Waals surface area contributed by atoms with Gasteiger partial charge < -0.3 is 14.8 Å². The van der Waals surface area contributed by atoms with Gasteiger partial charge >= 0.3 is 5.97 Å². The second-order valence-electron chi connectivity index (χ2n) is 4.04. The Morgan fingerprint density at radius 2 is 2.22 bits per heavy atom. The molecule has 0 aromatic carbocycles. The normalized spacial score (nSPS) is 10.7. The molecule has 0 bridgehead atoms. The van der Waals surface area contributed by atoms with E-state index in [1.165, 1.54) is 11.5 Å². The number of carbonyl (C=O) groups is 1. The van der Waals surface area contributed by atoms with Gasteiger partial charge in [-0.3, -0.25) is 0 Å². The molecule has 1 aromatic heterocycles. The number of carbonyl (C=O) groups excluding carboxylic acids is 1. The second-order valence-corrected chi connectivity index (χ2v) is 4.81. The molecule has 0 spiro atoms. The highest BCUT2D eigenvalue weighted by Gasteiger charge is 2.19. The summed E-state index contributed by atoms with van der Waals surface area (Å²) >= 11 is 1.27. The number of hydrogen-bond acceptors (Lipinski definition) is 6. The molecule has 1 rings (SSSR count). The molecule has 0 saturated heterocycles. The SMILES string of the molecule is CCOC(=O)c1c(C)nsc1NCCOC(C)C. The van der Waals surface area contributed by atoms with Gasteiger partial charge in [-0.1, -0.05) is 0 Å². The summed E-state index contributed by atoms with van der Waals surface area (Å²) in [7, 11) is 0. The van der Waals surface area contributed by atoms with Crippen LogP contribution < -0.4 is 5.32 Å². The van der Waals surface area contributed by atoms with E-state index in [0.29, 0.717) is 31.0 Å². The third-order valence-electron chi connectivity index (χ3n) is 2.18. The lowest BCUT2D eigenvalue weighted by Crippen LogP contribution is -2.15. The van der Waals surface area contributed by atoms with E-state index in [-0.39, 0.29) is 12.1 Å². The molecule has 0 unspecified atom stereocenters. The molecule has 1 aromatic rings. The van der Waals surface area contributed by atoms with Crippen LogP contribution in [-0.2, 0) is 9.47 Å². The van der Waals surface area contributed by atoms with Crippen molar-refractivity contribution in [3.05, 3.63) is 11.3 Å². The zero-order chi connectivity index (χ0) is 13.5. The minimum atomic E-state index is -0.323. The number of ether oxygens (including phenoxy) is 2. The molecule has 0 amide bonds. The van der Waals surface area contributed by atoms with Crippen molar-refractivity contribution in [2.45, 2.75) is 33.8 Å². The summed E-state index contributed by atoms with van der Waals surface area (Å²) in [6, 6.07) is 0. The highest BCUT2D eigenvalue weighted by atomic mass is 32.1. The number of aryl methyl sites for hydroxylation is 1. The fraction of sp³-hybridized carbons (Fsp3) is 0.667. The molecule has 0 aliphatic carbocycles. The van der Waals surface area contributed by atoms with Crippen LogP contribution >= 0.6 is 11.5 Å². The number of nitrogens with one attached hydrogen (secondary N) is 1. The topological polar surface area (TPSA) is 60.5 Å². The van der Waals surface area contributed by atoms with E-state index in [4.69, 9.17) is 9.47 Å². The summed E-state index contributed by atoms with van der Waals surface area (Å²) in [5, 5.41) is 3.91. The van der Waals surface area contributed by atoms with Gasteiger partial charge in [0.2, 0.25) is 0 Å². The van der Waals surface area contributed by atoms with E-state index in [2.05, 4.69) is 9.69 Å². The van der Waals surface area contributed by atoms with E-state index in [9.17, 15) is 4.79 Å². The maximum absolute atomic E-state index is 11.8. The first-order chi connectivity index (χ1) is 8.56. The Labute approximate surface area is 112 Å². The van der Waals surface area contributed by atoms with Crippen molar-refractivity contribution in [2.75, 3.05) is 25.1 Å². The average Bonchev–Trinajstić information content (AvgIpc) is 2.66. The Hall–Kier alpha value is -1.14. The van der Waals surface area contributed by atoms with Gasteiger partial charge in [0.1, 0.15) is 10.6 Å². The van der Waals surface area contributed by atoms with Crippen LogP contribution in [0.25, 0.3) is 0 Å². The first kappa shape index (κ1) is 14.9. The van der Waals surface area contributed by atoms with Gasteiger partial charge in [0.05, 0.1) is 25.0 Å². The van der Waals surface area contributed by atoms with Crippen molar-refractivity contribution in [1.29, 1.82) is 0 Å². The fourth-order valence-corrected chi connectivity index (χ4v) is 2.20. The maximum atomic E-state index is 11.8. The quantitative estimate of drug-likeness (QED) is 0.610. The van der Waals surface area contributed by atoms with Crippen LogP contribution in [0.1, 0.15) is 36.8 Å². The number of hydrogen-bond donors (Lipinski definition) is 1. The fourth-order valence-electron chi connectivity index (χ4n) is 1.39. The highest BCUT2D eigenvalue weighted by molar-refractivity contribution is 7.10. The van der Waals surface area contributed by atoms with Gasteiger partial charge in [-0.05, 0) is 39.2 Å². The van der Waals surface area contributed by atoms with Crippen molar-refractivity contribution in [2.24, 2.45) is 0 Å². The minimum absolute atomic E-state index is 0.208. The highest BCUT2D eigenvalue weighted by Crippen LogP contribution is 2.25. The summed E-state index contributed by atoms with van der Waals surface area (Å²) in [6.45, 7) is 9.17. The standard InChI is InChI=1S/C12H20N2O3S/c1-5-16-12(15)10-9(4)14-18-11(10)13-6-7-17-8(2)3/h8,13H,5-7H2,1-4H3. The first-order valence-corrected chi connectivity index (χ1v) is 6.82. The Balaban J connectivity index is 2.58. The Morgan fingerprint density at radius 1 is 1.50 bits per heavy atom. The zero-order valence-electron chi connectivity index (χ0n) is 11.3. The van der Waals surface area contributed by atoms with E-state index in [1.807, 2.05) is 13.8 Å². The van der Waals surface area contributed by atoms with Crippen LogP contribution in [0.15, 0.2) is 0 Å². The Bertz CT molecular complexity index is 391. The molecule has 0 atom stereocenters. The lowest BCUT2D eigenvalue weighted by Gasteiger charge is -2.09. The second kappa shape index (κ2) is 7.33. The molecule has 18 heavy (non-hydrogen) atoms. The van der Waals surface area contributed by atoms with Crippen molar-refractivity contribution in [3.8, 4) is 0 Å². The number of esters is 1. The molecule has 1 N–H and O–H groups in total. The molecule has 1 heterocycles. The number of rotatable bonds is 7.